The molecule has 0 aliphatic rings. The zero-order valence-electron chi connectivity index (χ0n) is 21.6. The summed E-state index contributed by atoms with van der Waals surface area (Å²) >= 11 is 0. The Balaban J connectivity index is 2.14. The van der Waals surface area contributed by atoms with Crippen molar-refractivity contribution in [1.29, 1.82) is 0 Å². The summed E-state index contributed by atoms with van der Waals surface area (Å²) in [6, 6.07) is 11.8. The summed E-state index contributed by atoms with van der Waals surface area (Å²) in [5.41, 5.74) is 1.70. The third-order valence-corrected chi connectivity index (χ3v) is 5.36. The molecule has 0 radical (unpaired) electrons. The number of benzene rings is 2. The molecule has 36 heavy (non-hydrogen) atoms. The van der Waals surface area contributed by atoms with Crippen LogP contribution in [0.3, 0.4) is 0 Å². The molecule has 190 valence electrons. The molecule has 0 N–H and O–H groups in total. The molecule has 1 heterocycles. The van der Waals surface area contributed by atoms with Crippen LogP contribution in [0, 0.1) is 0 Å². The number of rotatable bonds is 8. The van der Waals surface area contributed by atoms with Crippen LogP contribution in [0.5, 0.6) is 17.2 Å². The minimum atomic E-state index is -0.669. The minimum absolute atomic E-state index is 0.0822. The highest BCUT2D eigenvalue weighted by Gasteiger charge is 2.23. The number of nitrogens with zero attached hydrogens (tertiary/aromatic N) is 1. The van der Waals surface area contributed by atoms with E-state index in [2.05, 4.69) is 0 Å². The highest BCUT2D eigenvalue weighted by atomic mass is 16.6. The molecule has 0 atom stereocenters. The lowest BCUT2D eigenvalue weighted by molar-refractivity contribution is -0.116. The lowest BCUT2D eigenvalue weighted by Gasteiger charge is -2.20. The molecule has 0 bridgehead atoms. The molecule has 3 aromatic rings. The first-order valence-corrected chi connectivity index (χ1v) is 11.4. The van der Waals surface area contributed by atoms with E-state index < -0.39 is 11.7 Å². The maximum atomic E-state index is 13.8. The molecule has 0 unspecified atom stereocenters. The zero-order valence-corrected chi connectivity index (χ0v) is 21.6. The maximum Gasteiger partial charge on any atom is 0.418 e. The number of ether oxygens (including phenoxy) is 4. The van der Waals surface area contributed by atoms with E-state index in [1.54, 1.807) is 69.4 Å². The predicted octanol–water partition coefficient (Wildman–Crippen LogP) is 5.33. The number of carbonyl (C=O) groups is 3. The van der Waals surface area contributed by atoms with E-state index in [4.69, 9.17) is 18.9 Å². The van der Waals surface area contributed by atoms with Gasteiger partial charge in [-0.25, -0.2) is 4.79 Å². The van der Waals surface area contributed by atoms with Gasteiger partial charge in [-0.3, -0.25) is 14.2 Å². The Bertz CT molecular complexity index is 1270. The van der Waals surface area contributed by atoms with Crippen LogP contribution in [0.1, 0.15) is 49.2 Å². The van der Waals surface area contributed by atoms with Gasteiger partial charge in [-0.15, -0.1) is 0 Å². The van der Waals surface area contributed by atoms with Crippen molar-refractivity contribution in [3.8, 4) is 28.5 Å². The van der Waals surface area contributed by atoms with Crippen molar-refractivity contribution in [3.05, 3.63) is 65.4 Å². The Hall–Kier alpha value is -4.07. The highest BCUT2D eigenvalue weighted by Crippen LogP contribution is 2.39. The summed E-state index contributed by atoms with van der Waals surface area (Å²) in [4.78, 5) is 38.5. The summed E-state index contributed by atoms with van der Waals surface area (Å²) in [5.74, 6) is 0.623. The molecular formula is C28H31NO7. The topological polar surface area (TPSA) is 93.1 Å². The molecular weight excluding hydrogens is 462 g/mol. The van der Waals surface area contributed by atoms with Crippen LogP contribution in [0.25, 0.3) is 11.3 Å². The molecule has 0 saturated heterocycles. The molecule has 8 heteroatoms. The summed E-state index contributed by atoms with van der Waals surface area (Å²) in [6.45, 7) is 6.84. The van der Waals surface area contributed by atoms with E-state index in [1.807, 2.05) is 0 Å². The van der Waals surface area contributed by atoms with Gasteiger partial charge in [-0.05, 0) is 69.2 Å². The van der Waals surface area contributed by atoms with Gasteiger partial charge in [0, 0.05) is 23.7 Å². The van der Waals surface area contributed by atoms with Gasteiger partial charge in [0.2, 0.25) is 5.75 Å². The molecule has 0 aliphatic heterocycles. The van der Waals surface area contributed by atoms with Crippen molar-refractivity contribution >= 4 is 17.7 Å². The van der Waals surface area contributed by atoms with Crippen LogP contribution in [0.15, 0.2) is 48.7 Å². The average molecular weight is 494 g/mol. The van der Waals surface area contributed by atoms with E-state index >= 15 is 0 Å². The Labute approximate surface area is 210 Å². The Morgan fingerprint density at radius 1 is 0.889 bits per heavy atom. The lowest BCUT2D eigenvalue weighted by Crippen LogP contribution is -2.27. The molecule has 0 aliphatic carbocycles. The predicted molar refractivity (Wildman–Crippen MR) is 135 cm³/mol. The van der Waals surface area contributed by atoms with Gasteiger partial charge in [-0.1, -0.05) is 12.1 Å². The summed E-state index contributed by atoms with van der Waals surface area (Å²) in [7, 11) is 4.42. The van der Waals surface area contributed by atoms with Crippen molar-refractivity contribution in [2.24, 2.45) is 0 Å². The van der Waals surface area contributed by atoms with E-state index in [0.29, 0.717) is 45.2 Å². The van der Waals surface area contributed by atoms with Gasteiger partial charge in [-0.2, -0.15) is 0 Å². The van der Waals surface area contributed by atoms with Gasteiger partial charge in [0.25, 0.3) is 0 Å². The molecule has 0 fully saturated rings. The van der Waals surface area contributed by atoms with E-state index in [-0.39, 0.29) is 18.0 Å². The number of hydrogen-bond acceptors (Lipinski definition) is 7. The number of carbonyl (C=O) groups excluding carboxylic acids is 3. The fourth-order valence-electron chi connectivity index (χ4n) is 3.82. The molecule has 1 aromatic heterocycles. The largest absolute Gasteiger partial charge is 0.493 e. The molecule has 8 nitrogen and oxygen atoms in total. The Kier molecular flexibility index (Phi) is 7.87. The van der Waals surface area contributed by atoms with Crippen molar-refractivity contribution in [2.45, 2.75) is 39.7 Å². The van der Waals surface area contributed by atoms with E-state index in [1.165, 1.54) is 32.8 Å². The fourth-order valence-corrected chi connectivity index (χ4v) is 3.82. The lowest BCUT2D eigenvalue weighted by atomic mass is 9.92. The highest BCUT2D eigenvalue weighted by molar-refractivity contribution is 6.11. The third kappa shape index (κ3) is 5.76. The molecule has 0 spiro atoms. The van der Waals surface area contributed by atoms with E-state index in [0.717, 1.165) is 0 Å². The summed E-state index contributed by atoms with van der Waals surface area (Å²) in [5, 5.41) is 0. The second kappa shape index (κ2) is 10.7. The Morgan fingerprint density at radius 3 is 2.06 bits per heavy atom. The summed E-state index contributed by atoms with van der Waals surface area (Å²) in [6.07, 6.45) is 1.15. The monoisotopic (exact) mass is 493 g/mol. The third-order valence-electron chi connectivity index (χ3n) is 5.36. The van der Waals surface area contributed by atoms with Gasteiger partial charge in [0.1, 0.15) is 11.4 Å². The molecule has 3 rings (SSSR count). The Morgan fingerprint density at radius 2 is 1.53 bits per heavy atom. The normalized spacial score (nSPS) is 11.1. The fraction of sp³-hybridized carbons (Fsp3) is 0.321. The first-order valence-electron chi connectivity index (χ1n) is 11.4. The van der Waals surface area contributed by atoms with Gasteiger partial charge >= 0.3 is 6.09 Å². The van der Waals surface area contributed by atoms with Gasteiger partial charge in [0.05, 0.1) is 27.0 Å². The standard InChI is InChI=1S/C28H31NO7/c1-17(30)13-18-10-11-19(22-9-8-12-29(22)27(32)36-28(2,3)4)14-21(18)25(31)20-15-23(33-5)26(35-7)24(16-20)34-6/h8-12,14-16H,13H2,1-7H3. The van der Waals surface area contributed by atoms with Crippen LogP contribution in [-0.2, 0) is 16.0 Å². The van der Waals surface area contributed by atoms with E-state index in [9.17, 15) is 14.4 Å². The first-order chi connectivity index (χ1) is 17.0. The average Bonchev–Trinajstić information content (AvgIpc) is 3.31. The van der Waals surface area contributed by atoms with Crippen LogP contribution < -0.4 is 14.2 Å². The van der Waals surface area contributed by atoms with Crippen molar-refractivity contribution in [3.63, 3.8) is 0 Å². The number of hydrogen-bond donors (Lipinski definition) is 0. The molecule has 2 aromatic carbocycles. The molecule has 0 amide bonds. The van der Waals surface area contributed by atoms with Gasteiger partial charge in [0.15, 0.2) is 17.3 Å². The molecule has 0 saturated carbocycles. The number of methoxy groups -OCH3 is 3. The SMILES string of the molecule is COc1cc(C(=O)c2cc(-c3cccn3C(=O)OC(C)(C)C)ccc2CC(C)=O)cc(OC)c1OC. The second-order valence-electron chi connectivity index (χ2n) is 9.24. The quantitative estimate of drug-likeness (QED) is 0.392. The second-order valence-corrected chi connectivity index (χ2v) is 9.24. The van der Waals surface area contributed by atoms with Gasteiger partial charge < -0.3 is 18.9 Å². The van der Waals surface area contributed by atoms with Crippen LogP contribution in [0.4, 0.5) is 4.79 Å². The number of ketones is 2. The van der Waals surface area contributed by atoms with Crippen molar-refractivity contribution in [1.82, 2.24) is 4.57 Å². The number of Topliss-reactive ketones (excluding diaryl/α,β-unsaturated/α-hetero) is 1. The first kappa shape index (κ1) is 26.5. The van der Waals surface area contributed by atoms with Crippen LogP contribution >= 0.6 is 0 Å². The smallest absolute Gasteiger partial charge is 0.418 e. The summed E-state index contributed by atoms with van der Waals surface area (Å²) < 4.78 is 23.1. The maximum absolute atomic E-state index is 13.8. The number of aromatic nitrogens is 1. The van der Waals surface area contributed by atoms with Crippen molar-refractivity contribution < 1.29 is 33.3 Å². The minimum Gasteiger partial charge on any atom is -0.493 e. The van der Waals surface area contributed by atoms with Crippen molar-refractivity contribution in [2.75, 3.05) is 21.3 Å². The zero-order chi connectivity index (χ0) is 26.6. The van der Waals surface area contributed by atoms with Crippen LogP contribution in [-0.4, -0.2) is 49.2 Å². The van der Waals surface area contributed by atoms with Crippen LogP contribution in [0.2, 0.25) is 0 Å².